The Morgan fingerprint density at radius 2 is 2.08 bits per heavy atom. The Hall–Kier alpha value is -0.570. The SMILES string of the molecule is O=C(O)[C@@H]1CCCCN1CC1CC1. The quantitative estimate of drug-likeness (QED) is 0.717. The molecule has 1 saturated heterocycles. The van der Waals surface area contributed by atoms with Gasteiger partial charge in [0, 0.05) is 6.54 Å². The molecule has 2 rings (SSSR count). The molecule has 1 aliphatic carbocycles. The van der Waals surface area contributed by atoms with Crippen molar-refractivity contribution in [3.05, 3.63) is 0 Å². The number of nitrogens with zero attached hydrogens (tertiary/aromatic N) is 1. The van der Waals surface area contributed by atoms with Crippen LogP contribution in [0.25, 0.3) is 0 Å². The average molecular weight is 183 g/mol. The van der Waals surface area contributed by atoms with Gasteiger partial charge < -0.3 is 5.11 Å². The zero-order valence-corrected chi connectivity index (χ0v) is 7.91. The van der Waals surface area contributed by atoms with Crippen molar-refractivity contribution in [2.75, 3.05) is 13.1 Å². The van der Waals surface area contributed by atoms with Gasteiger partial charge in [-0.1, -0.05) is 6.42 Å². The van der Waals surface area contributed by atoms with Gasteiger partial charge in [-0.25, -0.2) is 0 Å². The summed E-state index contributed by atoms with van der Waals surface area (Å²) in [6, 6.07) is -0.186. The van der Waals surface area contributed by atoms with Crippen molar-refractivity contribution in [1.82, 2.24) is 4.90 Å². The molecular formula is C10H17NO2. The average Bonchev–Trinajstić information content (AvgIpc) is 2.89. The van der Waals surface area contributed by atoms with Crippen LogP contribution in [0.1, 0.15) is 32.1 Å². The number of rotatable bonds is 3. The smallest absolute Gasteiger partial charge is 0.320 e. The molecule has 13 heavy (non-hydrogen) atoms. The maximum atomic E-state index is 10.9. The molecule has 1 heterocycles. The normalized spacial score (nSPS) is 30.3. The van der Waals surface area contributed by atoms with Crippen molar-refractivity contribution in [3.8, 4) is 0 Å². The molecule has 1 saturated carbocycles. The molecule has 3 heteroatoms. The summed E-state index contributed by atoms with van der Waals surface area (Å²) < 4.78 is 0. The highest BCUT2D eigenvalue weighted by Crippen LogP contribution is 2.31. The van der Waals surface area contributed by atoms with Gasteiger partial charge in [0.05, 0.1) is 0 Å². The first-order valence-electron chi connectivity index (χ1n) is 5.24. The predicted octanol–water partition coefficient (Wildman–Crippen LogP) is 1.34. The topological polar surface area (TPSA) is 40.5 Å². The zero-order valence-electron chi connectivity index (χ0n) is 7.91. The Labute approximate surface area is 78.7 Å². The fourth-order valence-corrected chi connectivity index (χ4v) is 2.12. The molecule has 1 aliphatic heterocycles. The van der Waals surface area contributed by atoms with Gasteiger partial charge in [0.15, 0.2) is 0 Å². The molecule has 0 aromatic carbocycles. The van der Waals surface area contributed by atoms with E-state index in [0.717, 1.165) is 31.8 Å². The minimum absolute atomic E-state index is 0.186. The van der Waals surface area contributed by atoms with Gasteiger partial charge >= 0.3 is 5.97 Å². The van der Waals surface area contributed by atoms with Crippen LogP contribution in [0.15, 0.2) is 0 Å². The molecule has 2 fully saturated rings. The molecule has 74 valence electrons. The monoisotopic (exact) mass is 183 g/mol. The Bertz CT molecular complexity index is 201. The minimum atomic E-state index is -0.625. The molecule has 0 bridgehead atoms. The van der Waals surface area contributed by atoms with E-state index in [-0.39, 0.29) is 6.04 Å². The lowest BCUT2D eigenvalue weighted by atomic mass is 10.0. The molecule has 0 amide bonds. The van der Waals surface area contributed by atoms with Gasteiger partial charge in [-0.15, -0.1) is 0 Å². The number of carboxylic acids is 1. The van der Waals surface area contributed by atoms with E-state index < -0.39 is 5.97 Å². The highest BCUT2D eigenvalue weighted by atomic mass is 16.4. The number of aliphatic carboxylic acids is 1. The van der Waals surface area contributed by atoms with Crippen LogP contribution in [0, 0.1) is 5.92 Å². The van der Waals surface area contributed by atoms with Crippen LogP contribution in [0.2, 0.25) is 0 Å². The first kappa shape index (κ1) is 9.00. The standard InChI is InChI=1S/C10H17NO2/c12-10(13)9-3-1-2-6-11(9)7-8-4-5-8/h8-9H,1-7H2,(H,12,13)/t9-/m0/s1. The molecule has 0 aromatic heterocycles. The van der Waals surface area contributed by atoms with Crippen molar-refractivity contribution in [2.24, 2.45) is 5.92 Å². The molecular weight excluding hydrogens is 166 g/mol. The van der Waals surface area contributed by atoms with Crippen LogP contribution in [0.3, 0.4) is 0 Å². The number of hydrogen-bond donors (Lipinski definition) is 1. The van der Waals surface area contributed by atoms with Gasteiger partial charge in [0.2, 0.25) is 0 Å². The lowest BCUT2D eigenvalue weighted by molar-refractivity contribution is -0.144. The highest BCUT2D eigenvalue weighted by Gasteiger charge is 2.32. The second kappa shape index (κ2) is 3.66. The third kappa shape index (κ3) is 2.21. The van der Waals surface area contributed by atoms with Crippen LogP contribution in [-0.4, -0.2) is 35.1 Å². The lowest BCUT2D eigenvalue weighted by Gasteiger charge is -2.32. The van der Waals surface area contributed by atoms with E-state index in [4.69, 9.17) is 5.11 Å². The van der Waals surface area contributed by atoms with Gasteiger partial charge in [0.1, 0.15) is 6.04 Å². The molecule has 0 unspecified atom stereocenters. The fourth-order valence-electron chi connectivity index (χ4n) is 2.12. The molecule has 1 atom stereocenters. The summed E-state index contributed by atoms with van der Waals surface area (Å²) in [4.78, 5) is 13.1. The van der Waals surface area contributed by atoms with Crippen LogP contribution < -0.4 is 0 Å². The fraction of sp³-hybridized carbons (Fsp3) is 0.900. The highest BCUT2D eigenvalue weighted by molar-refractivity contribution is 5.73. The molecule has 0 spiro atoms. The minimum Gasteiger partial charge on any atom is -0.480 e. The van der Waals surface area contributed by atoms with E-state index in [9.17, 15) is 4.79 Å². The third-order valence-electron chi connectivity index (χ3n) is 3.09. The summed E-state index contributed by atoms with van der Waals surface area (Å²) in [5.74, 6) is 0.181. The van der Waals surface area contributed by atoms with Crippen molar-refractivity contribution in [3.63, 3.8) is 0 Å². The maximum absolute atomic E-state index is 10.9. The van der Waals surface area contributed by atoms with E-state index >= 15 is 0 Å². The van der Waals surface area contributed by atoms with Gasteiger partial charge in [-0.05, 0) is 38.1 Å². The van der Waals surface area contributed by atoms with E-state index in [2.05, 4.69) is 4.90 Å². The Kier molecular flexibility index (Phi) is 2.54. The first-order chi connectivity index (χ1) is 6.27. The van der Waals surface area contributed by atoms with Crippen LogP contribution in [0.5, 0.6) is 0 Å². The number of carboxylic acid groups (broad SMARTS) is 1. The first-order valence-corrected chi connectivity index (χ1v) is 5.24. The molecule has 0 radical (unpaired) electrons. The summed E-state index contributed by atoms with van der Waals surface area (Å²) in [6.45, 7) is 2.02. The van der Waals surface area contributed by atoms with Crippen LogP contribution in [0.4, 0.5) is 0 Å². The summed E-state index contributed by atoms with van der Waals surface area (Å²) in [5, 5.41) is 9.00. The summed E-state index contributed by atoms with van der Waals surface area (Å²) in [7, 11) is 0. The summed E-state index contributed by atoms with van der Waals surface area (Å²) in [5.41, 5.74) is 0. The second-order valence-corrected chi connectivity index (χ2v) is 4.29. The number of likely N-dealkylation sites (tertiary alicyclic amines) is 1. The lowest BCUT2D eigenvalue weighted by Crippen LogP contribution is -2.45. The number of piperidine rings is 1. The van der Waals surface area contributed by atoms with E-state index in [1.54, 1.807) is 0 Å². The molecule has 1 N–H and O–H groups in total. The predicted molar refractivity (Wildman–Crippen MR) is 49.6 cm³/mol. The second-order valence-electron chi connectivity index (χ2n) is 4.29. The summed E-state index contributed by atoms with van der Waals surface area (Å²) in [6.07, 6.45) is 5.72. The van der Waals surface area contributed by atoms with Crippen LogP contribution >= 0.6 is 0 Å². The van der Waals surface area contributed by atoms with Crippen molar-refractivity contribution in [1.29, 1.82) is 0 Å². The molecule has 3 nitrogen and oxygen atoms in total. The van der Waals surface area contributed by atoms with Crippen LogP contribution in [-0.2, 0) is 4.79 Å². The zero-order chi connectivity index (χ0) is 9.26. The van der Waals surface area contributed by atoms with Gasteiger partial charge in [0.25, 0.3) is 0 Å². The van der Waals surface area contributed by atoms with E-state index in [1.807, 2.05) is 0 Å². The number of carbonyl (C=O) groups is 1. The summed E-state index contributed by atoms with van der Waals surface area (Å²) >= 11 is 0. The number of hydrogen-bond acceptors (Lipinski definition) is 2. The Balaban J connectivity index is 1.90. The van der Waals surface area contributed by atoms with Crippen molar-refractivity contribution >= 4 is 5.97 Å². The van der Waals surface area contributed by atoms with E-state index in [0.29, 0.717) is 0 Å². The van der Waals surface area contributed by atoms with Crippen molar-refractivity contribution in [2.45, 2.75) is 38.1 Å². The van der Waals surface area contributed by atoms with E-state index in [1.165, 1.54) is 19.3 Å². The Morgan fingerprint density at radius 3 is 2.69 bits per heavy atom. The van der Waals surface area contributed by atoms with Gasteiger partial charge in [-0.2, -0.15) is 0 Å². The molecule has 0 aromatic rings. The van der Waals surface area contributed by atoms with Gasteiger partial charge in [-0.3, -0.25) is 9.69 Å². The maximum Gasteiger partial charge on any atom is 0.320 e. The molecule has 2 aliphatic rings. The Morgan fingerprint density at radius 1 is 1.31 bits per heavy atom. The van der Waals surface area contributed by atoms with Crippen molar-refractivity contribution < 1.29 is 9.90 Å². The third-order valence-corrected chi connectivity index (χ3v) is 3.09. The largest absolute Gasteiger partial charge is 0.480 e.